The monoisotopic (exact) mass is 152 g/mol. The van der Waals surface area contributed by atoms with E-state index in [-0.39, 0.29) is 0 Å². The van der Waals surface area contributed by atoms with Crippen molar-refractivity contribution in [1.29, 1.82) is 0 Å². The summed E-state index contributed by atoms with van der Waals surface area (Å²) in [5.74, 6) is 0.474. The third-order valence-corrected chi connectivity index (χ3v) is 2.11. The standard InChI is InChI=1S/C10H21B/c1-3-5-7-9-10(11)8-6-4-2/h10H,3-9H2,1-2H3. The van der Waals surface area contributed by atoms with Crippen molar-refractivity contribution in [3.63, 3.8) is 0 Å². The molecule has 0 N–H and O–H groups in total. The summed E-state index contributed by atoms with van der Waals surface area (Å²) in [6, 6.07) is 0. The second-order valence-electron chi connectivity index (χ2n) is 3.40. The van der Waals surface area contributed by atoms with Crippen LogP contribution < -0.4 is 0 Å². The molecule has 0 heterocycles. The molecule has 0 spiro atoms. The fourth-order valence-corrected chi connectivity index (χ4v) is 1.27. The van der Waals surface area contributed by atoms with Gasteiger partial charge in [0.15, 0.2) is 0 Å². The van der Waals surface area contributed by atoms with Gasteiger partial charge in [0.25, 0.3) is 0 Å². The Hall–Kier alpha value is 0.0649. The summed E-state index contributed by atoms with van der Waals surface area (Å²) in [4.78, 5) is 0. The Bertz CT molecular complexity index is 71.3. The number of hydrogen-bond donors (Lipinski definition) is 0. The molecule has 0 saturated heterocycles. The first-order chi connectivity index (χ1) is 5.31. The SMILES string of the molecule is [B]C(CCCC)CCCCC. The van der Waals surface area contributed by atoms with Gasteiger partial charge in [-0.15, -0.1) is 0 Å². The third kappa shape index (κ3) is 7.97. The van der Waals surface area contributed by atoms with Crippen LogP contribution in [0.2, 0.25) is 5.82 Å². The Labute approximate surface area is 73.2 Å². The van der Waals surface area contributed by atoms with E-state index in [4.69, 9.17) is 7.85 Å². The molecular weight excluding hydrogens is 131 g/mol. The Kier molecular flexibility index (Phi) is 8.21. The molecule has 0 rings (SSSR count). The van der Waals surface area contributed by atoms with Crippen molar-refractivity contribution < 1.29 is 0 Å². The van der Waals surface area contributed by atoms with Crippen molar-refractivity contribution in [2.75, 3.05) is 0 Å². The molecule has 0 aromatic rings. The van der Waals surface area contributed by atoms with Crippen molar-refractivity contribution in [2.24, 2.45) is 0 Å². The van der Waals surface area contributed by atoms with Gasteiger partial charge in [-0.25, -0.2) is 0 Å². The molecule has 0 aliphatic rings. The minimum Gasteiger partial charge on any atom is -0.0774 e. The Morgan fingerprint density at radius 3 is 2.00 bits per heavy atom. The zero-order valence-corrected chi connectivity index (χ0v) is 8.10. The first-order valence-corrected chi connectivity index (χ1v) is 5.06. The van der Waals surface area contributed by atoms with Crippen LogP contribution in [0.4, 0.5) is 0 Å². The zero-order valence-electron chi connectivity index (χ0n) is 8.10. The summed E-state index contributed by atoms with van der Waals surface area (Å²) in [5, 5.41) is 0. The van der Waals surface area contributed by atoms with Crippen LogP contribution in [0.25, 0.3) is 0 Å². The van der Waals surface area contributed by atoms with E-state index in [0.29, 0.717) is 5.82 Å². The van der Waals surface area contributed by atoms with Gasteiger partial charge >= 0.3 is 0 Å². The Morgan fingerprint density at radius 1 is 0.909 bits per heavy atom. The molecule has 11 heavy (non-hydrogen) atoms. The lowest BCUT2D eigenvalue weighted by Crippen LogP contribution is -1.92. The fourth-order valence-electron chi connectivity index (χ4n) is 1.27. The number of hydrogen-bond acceptors (Lipinski definition) is 0. The highest BCUT2D eigenvalue weighted by molar-refractivity contribution is 6.11. The minimum atomic E-state index is 0.474. The van der Waals surface area contributed by atoms with Crippen molar-refractivity contribution in [3.8, 4) is 0 Å². The zero-order chi connectivity index (χ0) is 8.53. The van der Waals surface area contributed by atoms with Crippen LogP contribution in [0.3, 0.4) is 0 Å². The summed E-state index contributed by atoms with van der Waals surface area (Å²) >= 11 is 0. The van der Waals surface area contributed by atoms with Gasteiger partial charge in [0.2, 0.25) is 0 Å². The molecule has 0 fully saturated rings. The molecule has 0 saturated carbocycles. The predicted octanol–water partition coefficient (Wildman–Crippen LogP) is 3.71. The normalized spacial score (nSPS) is 13.3. The fraction of sp³-hybridized carbons (Fsp3) is 1.00. The van der Waals surface area contributed by atoms with E-state index in [0.717, 1.165) is 0 Å². The molecule has 0 amide bonds. The van der Waals surface area contributed by atoms with Crippen LogP contribution in [0.1, 0.15) is 58.8 Å². The molecule has 1 unspecified atom stereocenters. The van der Waals surface area contributed by atoms with Gasteiger partial charge in [-0.3, -0.25) is 0 Å². The minimum absolute atomic E-state index is 0.474. The van der Waals surface area contributed by atoms with Gasteiger partial charge in [-0.2, -0.15) is 0 Å². The molecule has 1 atom stereocenters. The largest absolute Gasteiger partial charge is 0.0774 e. The average Bonchev–Trinajstić information content (AvgIpc) is 2.01. The van der Waals surface area contributed by atoms with Crippen LogP contribution in [0, 0.1) is 0 Å². The van der Waals surface area contributed by atoms with Crippen LogP contribution in [0.5, 0.6) is 0 Å². The van der Waals surface area contributed by atoms with E-state index in [1.807, 2.05) is 0 Å². The van der Waals surface area contributed by atoms with Crippen LogP contribution in [-0.4, -0.2) is 7.85 Å². The second kappa shape index (κ2) is 8.16. The van der Waals surface area contributed by atoms with Crippen molar-refractivity contribution in [1.82, 2.24) is 0 Å². The first-order valence-electron chi connectivity index (χ1n) is 5.06. The van der Waals surface area contributed by atoms with Crippen LogP contribution in [0.15, 0.2) is 0 Å². The van der Waals surface area contributed by atoms with E-state index in [1.165, 1.54) is 44.9 Å². The maximum atomic E-state index is 5.90. The third-order valence-electron chi connectivity index (χ3n) is 2.11. The smallest absolute Gasteiger partial charge is 0.0699 e. The van der Waals surface area contributed by atoms with Crippen molar-refractivity contribution in [3.05, 3.63) is 0 Å². The lowest BCUT2D eigenvalue weighted by atomic mass is 9.79. The summed E-state index contributed by atoms with van der Waals surface area (Å²) in [6.07, 6.45) is 9.00. The van der Waals surface area contributed by atoms with Gasteiger partial charge < -0.3 is 0 Å². The van der Waals surface area contributed by atoms with Gasteiger partial charge in [0, 0.05) is 0 Å². The van der Waals surface area contributed by atoms with E-state index < -0.39 is 0 Å². The molecular formula is C10H21B. The average molecular weight is 152 g/mol. The number of rotatable bonds is 7. The topological polar surface area (TPSA) is 0 Å². The molecule has 1 heteroatoms. The predicted molar refractivity (Wildman–Crippen MR) is 53.2 cm³/mol. The van der Waals surface area contributed by atoms with Gasteiger partial charge in [-0.05, 0) is 0 Å². The highest BCUT2D eigenvalue weighted by Gasteiger charge is 1.99. The summed E-state index contributed by atoms with van der Waals surface area (Å²) in [7, 11) is 5.90. The molecule has 2 radical (unpaired) electrons. The summed E-state index contributed by atoms with van der Waals surface area (Å²) < 4.78 is 0. The van der Waals surface area contributed by atoms with E-state index in [1.54, 1.807) is 0 Å². The quantitative estimate of drug-likeness (QED) is 0.385. The molecule has 0 aliphatic carbocycles. The Morgan fingerprint density at radius 2 is 1.45 bits per heavy atom. The van der Waals surface area contributed by atoms with Gasteiger partial charge in [0.05, 0.1) is 7.85 Å². The van der Waals surface area contributed by atoms with Crippen molar-refractivity contribution >= 4 is 7.85 Å². The molecule has 0 bridgehead atoms. The van der Waals surface area contributed by atoms with E-state index in [2.05, 4.69) is 13.8 Å². The highest BCUT2D eigenvalue weighted by Crippen LogP contribution is 2.18. The molecule has 0 aliphatic heterocycles. The Balaban J connectivity index is 3.02. The van der Waals surface area contributed by atoms with Crippen LogP contribution in [-0.2, 0) is 0 Å². The highest BCUT2D eigenvalue weighted by atomic mass is 14.0. The number of unbranched alkanes of at least 4 members (excludes halogenated alkanes) is 3. The molecule has 64 valence electrons. The van der Waals surface area contributed by atoms with Crippen molar-refractivity contribution in [2.45, 2.75) is 64.6 Å². The van der Waals surface area contributed by atoms with E-state index in [9.17, 15) is 0 Å². The lowest BCUT2D eigenvalue weighted by molar-refractivity contribution is 0.584. The maximum Gasteiger partial charge on any atom is 0.0699 e. The lowest BCUT2D eigenvalue weighted by Gasteiger charge is -2.09. The molecule has 0 aromatic carbocycles. The van der Waals surface area contributed by atoms with Crippen LogP contribution >= 0.6 is 0 Å². The van der Waals surface area contributed by atoms with E-state index >= 15 is 0 Å². The summed E-state index contributed by atoms with van der Waals surface area (Å²) in [6.45, 7) is 4.45. The molecule has 0 nitrogen and oxygen atoms in total. The van der Waals surface area contributed by atoms with Gasteiger partial charge in [-0.1, -0.05) is 64.6 Å². The second-order valence-corrected chi connectivity index (χ2v) is 3.40. The first kappa shape index (κ1) is 11.1. The van der Waals surface area contributed by atoms with Gasteiger partial charge in [0.1, 0.15) is 0 Å². The summed E-state index contributed by atoms with van der Waals surface area (Å²) in [5.41, 5.74) is 0. The molecule has 0 aromatic heterocycles. The maximum absolute atomic E-state index is 5.90.